The maximum atomic E-state index is 13.1. The maximum absolute atomic E-state index is 13.1. The van der Waals surface area contributed by atoms with Crippen molar-refractivity contribution in [3.8, 4) is 0 Å². The van der Waals surface area contributed by atoms with Gasteiger partial charge in [-0.25, -0.2) is 9.97 Å². The lowest BCUT2D eigenvalue weighted by molar-refractivity contribution is 0.0728. The maximum Gasteiger partial charge on any atom is 0.272 e. The lowest BCUT2D eigenvalue weighted by Crippen LogP contribution is -2.36. The van der Waals surface area contributed by atoms with Crippen molar-refractivity contribution < 1.29 is 9.59 Å². The molecule has 0 bridgehead atoms. The van der Waals surface area contributed by atoms with Gasteiger partial charge in [0.05, 0.1) is 0 Å². The molecule has 3 aromatic rings. The van der Waals surface area contributed by atoms with E-state index in [0.717, 1.165) is 12.1 Å². The molecule has 0 atom stereocenters. The second-order valence-electron chi connectivity index (χ2n) is 7.19. The van der Waals surface area contributed by atoms with E-state index in [-0.39, 0.29) is 11.7 Å². The van der Waals surface area contributed by atoms with Gasteiger partial charge in [-0.1, -0.05) is 24.3 Å². The van der Waals surface area contributed by atoms with Gasteiger partial charge in [-0.2, -0.15) is 0 Å². The molecule has 1 aliphatic heterocycles. The molecule has 0 spiro atoms. The van der Waals surface area contributed by atoms with Crippen molar-refractivity contribution in [3.63, 3.8) is 0 Å². The molecule has 6 heteroatoms. The van der Waals surface area contributed by atoms with Crippen LogP contribution in [0.4, 0.5) is 11.5 Å². The van der Waals surface area contributed by atoms with Crippen LogP contribution in [0.15, 0.2) is 54.6 Å². The number of benzene rings is 2. The molecule has 0 unspecified atom stereocenters. The lowest BCUT2D eigenvalue weighted by atomic mass is 10.00. The number of anilines is 2. The van der Waals surface area contributed by atoms with Crippen LogP contribution in [0, 0.1) is 6.92 Å². The van der Waals surface area contributed by atoms with Crippen molar-refractivity contribution in [2.24, 2.45) is 0 Å². The number of carbonyl (C=O) groups is 2. The molecule has 1 aromatic heterocycles. The van der Waals surface area contributed by atoms with Crippen LogP contribution in [0.5, 0.6) is 0 Å². The van der Waals surface area contributed by atoms with Gasteiger partial charge in [-0.15, -0.1) is 0 Å². The highest BCUT2D eigenvalue weighted by Crippen LogP contribution is 2.21. The molecule has 4 rings (SSSR count). The minimum Gasteiger partial charge on any atom is -0.340 e. The monoisotopic (exact) mass is 386 g/mol. The first-order valence-corrected chi connectivity index (χ1v) is 9.59. The minimum absolute atomic E-state index is 0.0189. The lowest BCUT2D eigenvalue weighted by Gasteiger charge is -2.28. The first-order valence-electron chi connectivity index (χ1n) is 9.59. The summed E-state index contributed by atoms with van der Waals surface area (Å²) in [5, 5.41) is 3.19. The zero-order valence-electron chi connectivity index (χ0n) is 16.5. The van der Waals surface area contributed by atoms with E-state index in [1.165, 1.54) is 18.1 Å². The van der Waals surface area contributed by atoms with Gasteiger partial charge in [0.15, 0.2) is 5.78 Å². The predicted octanol–water partition coefficient (Wildman–Crippen LogP) is 3.93. The molecule has 1 aliphatic rings. The van der Waals surface area contributed by atoms with Gasteiger partial charge >= 0.3 is 0 Å². The highest BCUT2D eigenvalue weighted by atomic mass is 16.2. The number of carbonyl (C=O) groups excluding carboxylic acids is 2. The molecule has 6 nitrogen and oxygen atoms in total. The van der Waals surface area contributed by atoms with Crippen molar-refractivity contribution in [3.05, 3.63) is 82.8 Å². The van der Waals surface area contributed by atoms with E-state index in [0.29, 0.717) is 36.0 Å². The number of ketones is 1. The second-order valence-corrected chi connectivity index (χ2v) is 7.19. The summed E-state index contributed by atoms with van der Waals surface area (Å²) < 4.78 is 0. The number of hydrogen-bond donors (Lipinski definition) is 1. The van der Waals surface area contributed by atoms with E-state index < -0.39 is 0 Å². The van der Waals surface area contributed by atoms with Crippen molar-refractivity contribution in [1.29, 1.82) is 0 Å². The summed E-state index contributed by atoms with van der Waals surface area (Å²) in [5.41, 5.74) is 4.29. The van der Waals surface area contributed by atoms with Crippen LogP contribution in [0.25, 0.3) is 0 Å². The fourth-order valence-electron chi connectivity index (χ4n) is 3.51. The van der Waals surface area contributed by atoms with E-state index in [1.807, 2.05) is 29.2 Å². The number of rotatable bonds is 4. The van der Waals surface area contributed by atoms with Gasteiger partial charge < -0.3 is 10.2 Å². The zero-order valence-corrected chi connectivity index (χ0v) is 16.5. The normalized spacial score (nSPS) is 13.0. The van der Waals surface area contributed by atoms with Crippen LogP contribution < -0.4 is 5.32 Å². The van der Waals surface area contributed by atoms with E-state index in [1.54, 1.807) is 25.1 Å². The molecule has 146 valence electrons. The average molecular weight is 386 g/mol. The molecule has 0 fully saturated rings. The molecule has 0 saturated heterocycles. The van der Waals surface area contributed by atoms with Gasteiger partial charge in [0.1, 0.15) is 17.3 Å². The Hall–Kier alpha value is -3.54. The van der Waals surface area contributed by atoms with Crippen LogP contribution >= 0.6 is 0 Å². The van der Waals surface area contributed by atoms with Crippen LogP contribution in [-0.2, 0) is 13.0 Å². The molecule has 29 heavy (non-hydrogen) atoms. The van der Waals surface area contributed by atoms with Crippen molar-refractivity contribution in [1.82, 2.24) is 14.9 Å². The fraction of sp³-hybridized carbons (Fsp3) is 0.217. The molecule has 0 saturated carbocycles. The van der Waals surface area contributed by atoms with Crippen LogP contribution in [-0.4, -0.2) is 33.1 Å². The molecule has 0 radical (unpaired) electrons. The third-order valence-electron chi connectivity index (χ3n) is 5.04. The Labute approximate surface area is 169 Å². The van der Waals surface area contributed by atoms with E-state index in [9.17, 15) is 9.59 Å². The predicted molar refractivity (Wildman–Crippen MR) is 111 cm³/mol. The largest absolute Gasteiger partial charge is 0.340 e. The van der Waals surface area contributed by atoms with Crippen LogP contribution in [0.3, 0.4) is 0 Å². The number of aromatic nitrogens is 2. The summed E-state index contributed by atoms with van der Waals surface area (Å²) in [7, 11) is 0. The molecule has 0 aliphatic carbocycles. The number of Topliss-reactive ketones (excluding diaryl/α,β-unsaturated/α-hetero) is 1. The van der Waals surface area contributed by atoms with Gasteiger partial charge in [0, 0.05) is 30.4 Å². The van der Waals surface area contributed by atoms with Gasteiger partial charge in [-0.3, -0.25) is 9.59 Å². The quantitative estimate of drug-likeness (QED) is 0.688. The molecule has 1 amide bonds. The van der Waals surface area contributed by atoms with Crippen LogP contribution in [0.1, 0.15) is 44.7 Å². The standard InChI is InChI=1S/C23H22N4O2/c1-15(28)17-7-9-20(10-8-17)26-22-13-21(24-16(2)25-22)23(29)27-12-11-18-5-3-4-6-19(18)14-27/h3-10,13H,11-12,14H2,1-2H3,(H,24,25,26). The van der Waals surface area contributed by atoms with Gasteiger partial charge in [0.2, 0.25) is 0 Å². The Morgan fingerprint density at radius 2 is 1.72 bits per heavy atom. The number of nitrogens with one attached hydrogen (secondary N) is 1. The Morgan fingerprint density at radius 1 is 1.00 bits per heavy atom. The second kappa shape index (κ2) is 7.83. The smallest absolute Gasteiger partial charge is 0.272 e. The third-order valence-corrected chi connectivity index (χ3v) is 5.04. The van der Waals surface area contributed by atoms with Crippen molar-refractivity contribution in [2.45, 2.75) is 26.8 Å². The first kappa shape index (κ1) is 18.8. The van der Waals surface area contributed by atoms with E-state index in [2.05, 4.69) is 27.4 Å². The molecule has 2 aromatic carbocycles. The Kier molecular flexibility index (Phi) is 5.08. The number of nitrogens with zero attached hydrogens (tertiary/aromatic N) is 3. The van der Waals surface area contributed by atoms with Gasteiger partial charge in [0.25, 0.3) is 5.91 Å². The molecular weight excluding hydrogens is 364 g/mol. The fourth-order valence-corrected chi connectivity index (χ4v) is 3.51. The highest BCUT2D eigenvalue weighted by Gasteiger charge is 2.23. The summed E-state index contributed by atoms with van der Waals surface area (Å²) in [6, 6.07) is 17.0. The number of hydrogen-bond acceptors (Lipinski definition) is 5. The third kappa shape index (κ3) is 4.16. The highest BCUT2D eigenvalue weighted by molar-refractivity contribution is 5.94. The van der Waals surface area contributed by atoms with Crippen LogP contribution in [0.2, 0.25) is 0 Å². The average Bonchev–Trinajstić information content (AvgIpc) is 2.73. The molecule has 2 heterocycles. The Morgan fingerprint density at radius 3 is 2.45 bits per heavy atom. The summed E-state index contributed by atoms with van der Waals surface area (Å²) in [4.78, 5) is 35.1. The molecular formula is C23H22N4O2. The van der Waals surface area contributed by atoms with Crippen molar-refractivity contribution >= 4 is 23.2 Å². The van der Waals surface area contributed by atoms with E-state index >= 15 is 0 Å². The Bertz CT molecular complexity index is 1080. The summed E-state index contributed by atoms with van der Waals surface area (Å²) >= 11 is 0. The number of fused-ring (bicyclic) bond motifs is 1. The zero-order chi connectivity index (χ0) is 20.4. The van der Waals surface area contributed by atoms with Crippen molar-refractivity contribution in [2.75, 3.05) is 11.9 Å². The summed E-state index contributed by atoms with van der Waals surface area (Å²) in [6.07, 6.45) is 0.847. The minimum atomic E-state index is -0.0972. The Balaban J connectivity index is 1.53. The van der Waals surface area contributed by atoms with Gasteiger partial charge in [-0.05, 0) is 55.7 Å². The summed E-state index contributed by atoms with van der Waals surface area (Å²) in [6.45, 7) is 4.57. The topological polar surface area (TPSA) is 75.2 Å². The number of aryl methyl sites for hydroxylation is 1. The summed E-state index contributed by atoms with van der Waals surface area (Å²) in [5.74, 6) is 0.996. The van der Waals surface area contributed by atoms with E-state index in [4.69, 9.17) is 0 Å². The molecule has 1 N–H and O–H groups in total. The SMILES string of the molecule is CC(=O)c1ccc(Nc2cc(C(=O)N3CCc4ccccc4C3)nc(C)n2)cc1. The number of amides is 1. The first-order chi connectivity index (χ1) is 14.0.